The fourth-order valence-corrected chi connectivity index (χ4v) is 1.60. The van der Waals surface area contributed by atoms with Crippen molar-refractivity contribution < 1.29 is 4.79 Å². The Morgan fingerprint density at radius 3 is 2.72 bits per heavy atom. The first-order valence-electron chi connectivity index (χ1n) is 6.22. The van der Waals surface area contributed by atoms with Gasteiger partial charge in [-0.15, -0.1) is 0 Å². The van der Waals surface area contributed by atoms with Crippen LogP contribution in [0, 0.1) is 0 Å². The van der Waals surface area contributed by atoms with Gasteiger partial charge in [0, 0.05) is 20.5 Å². The van der Waals surface area contributed by atoms with Crippen molar-refractivity contribution in [1.29, 1.82) is 0 Å². The van der Waals surface area contributed by atoms with Crippen molar-refractivity contribution in [3.63, 3.8) is 0 Å². The molecule has 0 aliphatic rings. The summed E-state index contributed by atoms with van der Waals surface area (Å²) in [5.74, 6) is 0.192. The van der Waals surface area contributed by atoms with E-state index in [2.05, 4.69) is 30.9 Å². The highest BCUT2D eigenvalue weighted by molar-refractivity contribution is 5.75. The SMILES string of the molecule is C=Cc1cccc(/C=C\CCCC(=O)N(C)C)c1. The molecular weight excluding hydrogens is 222 g/mol. The van der Waals surface area contributed by atoms with Crippen LogP contribution in [-0.4, -0.2) is 24.9 Å². The molecule has 0 bridgehead atoms. The summed E-state index contributed by atoms with van der Waals surface area (Å²) in [7, 11) is 3.58. The van der Waals surface area contributed by atoms with Gasteiger partial charge in [0.25, 0.3) is 0 Å². The fourth-order valence-electron chi connectivity index (χ4n) is 1.60. The molecule has 96 valence electrons. The maximum atomic E-state index is 11.4. The number of amides is 1. The van der Waals surface area contributed by atoms with Crippen LogP contribution in [-0.2, 0) is 4.79 Å². The number of hydrogen-bond acceptors (Lipinski definition) is 1. The predicted molar refractivity (Wildman–Crippen MR) is 78.1 cm³/mol. The summed E-state index contributed by atoms with van der Waals surface area (Å²) in [5.41, 5.74) is 2.30. The maximum absolute atomic E-state index is 11.4. The highest BCUT2D eigenvalue weighted by Crippen LogP contribution is 2.09. The molecule has 0 aliphatic heterocycles. The number of hydrogen-bond donors (Lipinski definition) is 0. The van der Waals surface area contributed by atoms with Crippen molar-refractivity contribution in [2.24, 2.45) is 0 Å². The van der Waals surface area contributed by atoms with Crippen LogP contribution >= 0.6 is 0 Å². The first-order chi connectivity index (χ1) is 8.63. The zero-order chi connectivity index (χ0) is 13.4. The lowest BCUT2D eigenvalue weighted by atomic mass is 10.1. The number of unbranched alkanes of at least 4 members (excludes halogenated alkanes) is 1. The van der Waals surface area contributed by atoms with Crippen LogP contribution in [0.2, 0.25) is 0 Å². The van der Waals surface area contributed by atoms with Crippen molar-refractivity contribution in [3.8, 4) is 0 Å². The fraction of sp³-hybridized carbons (Fsp3) is 0.312. The molecule has 2 heteroatoms. The molecule has 0 N–H and O–H groups in total. The number of benzene rings is 1. The van der Waals surface area contributed by atoms with E-state index in [0.29, 0.717) is 6.42 Å². The molecule has 0 saturated heterocycles. The summed E-state index contributed by atoms with van der Waals surface area (Å²) in [6, 6.07) is 8.20. The van der Waals surface area contributed by atoms with Crippen LogP contribution in [0.1, 0.15) is 30.4 Å². The standard InChI is InChI=1S/C16H21NO/c1-4-14-10-8-11-15(13-14)9-6-5-7-12-16(18)17(2)3/h4,6,8-11,13H,1,5,7,12H2,2-3H3/b9-6-. The van der Waals surface area contributed by atoms with Gasteiger partial charge in [-0.1, -0.05) is 43.0 Å². The van der Waals surface area contributed by atoms with E-state index in [-0.39, 0.29) is 5.91 Å². The minimum Gasteiger partial charge on any atom is -0.349 e. The third-order valence-electron chi connectivity index (χ3n) is 2.72. The van der Waals surface area contributed by atoms with Gasteiger partial charge in [-0.3, -0.25) is 4.79 Å². The van der Waals surface area contributed by atoms with Crippen LogP contribution < -0.4 is 0 Å². The Morgan fingerprint density at radius 1 is 1.33 bits per heavy atom. The summed E-state index contributed by atoms with van der Waals surface area (Å²) in [6.07, 6.45) is 8.49. The van der Waals surface area contributed by atoms with Crippen LogP contribution in [0.3, 0.4) is 0 Å². The van der Waals surface area contributed by atoms with Gasteiger partial charge in [-0.25, -0.2) is 0 Å². The monoisotopic (exact) mass is 243 g/mol. The van der Waals surface area contributed by atoms with Crippen molar-refractivity contribution >= 4 is 18.1 Å². The maximum Gasteiger partial charge on any atom is 0.222 e. The Labute approximate surface area is 110 Å². The van der Waals surface area contributed by atoms with Crippen molar-refractivity contribution in [3.05, 3.63) is 48.0 Å². The Hall–Kier alpha value is -1.83. The summed E-state index contributed by atoms with van der Waals surface area (Å²) < 4.78 is 0. The van der Waals surface area contributed by atoms with E-state index in [1.807, 2.05) is 18.2 Å². The van der Waals surface area contributed by atoms with E-state index in [1.54, 1.807) is 19.0 Å². The Bertz CT molecular complexity index is 432. The summed E-state index contributed by atoms with van der Waals surface area (Å²) in [4.78, 5) is 13.0. The number of nitrogens with zero attached hydrogens (tertiary/aromatic N) is 1. The third kappa shape index (κ3) is 5.00. The topological polar surface area (TPSA) is 20.3 Å². The Kier molecular flexibility index (Phi) is 5.92. The van der Waals surface area contributed by atoms with E-state index in [4.69, 9.17) is 0 Å². The van der Waals surface area contributed by atoms with Gasteiger partial charge < -0.3 is 4.90 Å². The van der Waals surface area contributed by atoms with E-state index in [9.17, 15) is 4.79 Å². The Morgan fingerprint density at radius 2 is 2.06 bits per heavy atom. The van der Waals surface area contributed by atoms with Gasteiger partial charge in [0.05, 0.1) is 0 Å². The second-order valence-electron chi connectivity index (χ2n) is 4.46. The number of carbonyl (C=O) groups is 1. The van der Waals surface area contributed by atoms with E-state index in [0.717, 1.165) is 18.4 Å². The number of allylic oxidation sites excluding steroid dienone is 1. The van der Waals surface area contributed by atoms with Gasteiger partial charge in [0.1, 0.15) is 0 Å². The molecule has 0 aromatic heterocycles. The van der Waals surface area contributed by atoms with Gasteiger partial charge in [0.2, 0.25) is 5.91 Å². The zero-order valence-corrected chi connectivity index (χ0v) is 11.2. The lowest BCUT2D eigenvalue weighted by Crippen LogP contribution is -2.20. The molecule has 0 heterocycles. The molecule has 2 nitrogen and oxygen atoms in total. The highest BCUT2D eigenvalue weighted by Gasteiger charge is 2.01. The van der Waals surface area contributed by atoms with Gasteiger partial charge in [0.15, 0.2) is 0 Å². The molecule has 18 heavy (non-hydrogen) atoms. The average molecular weight is 243 g/mol. The largest absolute Gasteiger partial charge is 0.349 e. The third-order valence-corrected chi connectivity index (χ3v) is 2.72. The summed E-state index contributed by atoms with van der Waals surface area (Å²) in [6.45, 7) is 3.75. The molecule has 0 atom stereocenters. The first kappa shape index (κ1) is 14.2. The molecule has 0 radical (unpaired) electrons. The van der Waals surface area contributed by atoms with Crippen molar-refractivity contribution in [2.75, 3.05) is 14.1 Å². The molecule has 0 spiro atoms. The second kappa shape index (κ2) is 7.49. The summed E-state index contributed by atoms with van der Waals surface area (Å²) in [5, 5.41) is 0. The van der Waals surface area contributed by atoms with Crippen LogP contribution in [0.25, 0.3) is 12.2 Å². The number of carbonyl (C=O) groups excluding carboxylic acids is 1. The van der Waals surface area contributed by atoms with Crippen LogP contribution in [0.5, 0.6) is 0 Å². The molecule has 0 unspecified atom stereocenters. The van der Waals surface area contributed by atoms with Crippen molar-refractivity contribution in [2.45, 2.75) is 19.3 Å². The highest BCUT2D eigenvalue weighted by atomic mass is 16.2. The lowest BCUT2D eigenvalue weighted by Gasteiger charge is -2.08. The van der Waals surface area contributed by atoms with Gasteiger partial charge in [-0.05, 0) is 30.0 Å². The minimum absolute atomic E-state index is 0.192. The second-order valence-corrected chi connectivity index (χ2v) is 4.46. The van der Waals surface area contributed by atoms with Crippen LogP contribution in [0.4, 0.5) is 0 Å². The molecule has 1 aromatic carbocycles. The number of rotatable bonds is 6. The molecule has 1 rings (SSSR count). The minimum atomic E-state index is 0.192. The Balaban J connectivity index is 2.36. The van der Waals surface area contributed by atoms with E-state index < -0.39 is 0 Å². The lowest BCUT2D eigenvalue weighted by molar-refractivity contribution is -0.128. The quantitative estimate of drug-likeness (QED) is 0.699. The van der Waals surface area contributed by atoms with E-state index in [1.165, 1.54) is 5.56 Å². The van der Waals surface area contributed by atoms with Crippen LogP contribution in [0.15, 0.2) is 36.9 Å². The first-order valence-corrected chi connectivity index (χ1v) is 6.22. The molecule has 0 saturated carbocycles. The van der Waals surface area contributed by atoms with Crippen molar-refractivity contribution in [1.82, 2.24) is 4.90 Å². The van der Waals surface area contributed by atoms with Gasteiger partial charge >= 0.3 is 0 Å². The van der Waals surface area contributed by atoms with E-state index >= 15 is 0 Å². The summed E-state index contributed by atoms with van der Waals surface area (Å²) >= 11 is 0. The molecular formula is C16H21NO. The zero-order valence-electron chi connectivity index (χ0n) is 11.2. The predicted octanol–water partition coefficient (Wildman–Crippen LogP) is 3.60. The normalized spacial score (nSPS) is 10.6. The molecule has 0 aliphatic carbocycles. The average Bonchev–Trinajstić information content (AvgIpc) is 2.38. The molecule has 1 amide bonds. The molecule has 0 fully saturated rings. The van der Waals surface area contributed by atoms with Gasteiger partial charge in [-0.2, -0.15) is 0 Å². The molecule has 1 aromatic rings. The smallest absolute Gasteiger partial charge is 0.222 e.